The molecule has 2 aromatic rings. The summed E-state index contributed by atoms with van der Waals surface area (Å²) < 4.78 is 0. The Kier molecular flexibility index (Phi) is 4.27. The molecule has 0 bridgehead atoms. The van der Waals surface area contributed by atoms with Crippen molar-refractivity contribution < 1.29 is 14.4 Å². The van der Waals surface area contributed by atoms with E-state index in [-0.39, 0.29) is 16.7 Å². The molecule has 1 aromatic heterocycles. The van der Waals surface area contributed by atoms with Crippen LogP contribution in [0.5, 0.6) is 0 Å². The maximum absolute atomic E-state index is 12.6. The zero-order valence-electron chi connectivity index (χ0n) is 13.3. The van der Waals surface area contributed by atoms with Crippen LogP contribution in [0.4, 0.5) is 0 Å². The third-order valence-electron chi connectivity index (χ3n) is 4.07. The molecule has 0 unspecified atom stereocenters. The number of amides is 1. The predicted molar refractivity (Wildman–Crippen MR) is 87.4 cm³/mol. The number of hydrogen-bond acceptors (Lipinski definition) is 7. The lowest BCUT2D eigenvalue weighted by Gasteiger charge is -2.24. The van der Waals surface area contributed by atoms with Gasteiger partial charge in [-0.1, -0.05) is 24.3 Å². The zero-order valence-corrected chi connectivity index (χ0v) is 13.3. The molecule has 1 aromatic carbocycles. The lowest BCUT2D eigenvalue weighted by atomic mass is 9.83. The van der Waals surface area contributed by atoms with Gasteiger partial charge < -0.3 is 0 Å². The van der Waals surface area contributed by atoms with E-state index in [2.05, 4.69) is 15.8 Å². The number of fused-ring (bicyclic) bond motifs is 1. The van der Waals surface area contributed by atoms with Gasteiger partial charge in [0.05, 0.1) is 5.56 Å². The van der Waals surface area contributed by atoms with E-state index >= 15 is 0 Å². The number of nitrogens with zero attached hydrogens (tertiary/aromatic N) is 3. The fraction of sp³-hybridized carbons (Fsp3) is 0.111. The highest BCUT2D eigenvalue weighted by atomic mass is 16.2. The monoisotopic (exact) mass is 345 g/mol. The lowest BCUT2D eigenvalue weighted by molar-refractivity contribution is 0.0762. The highest BCUT2D eigenvalue weighted by Crippen LogP contribution is 2.33. The van der Waals surface area contributed by atoms with E-state index in [1.54, 1.807) is 24.3 Å². The first-order valence-corrected chi connectivity index (χ1v) is 7.51. The molecule has 1 aliphatic rings. The molecule has 8 heteroatoms. The summed E-state index contributed by atoms with van der Waals surface area (Å²) in [5.41, 5.74) is 2.72. The Hall–Kier alpha value is -3.88. The fourth-order valence-electron chi connectivity index (χ4n) is 2.74. The van der Waals surface area contributed by atoms with Crippen LogP contribution >= 0.6 is 0 Å². The summed E-state index contributed by atoms with van der Waals surface area (Å²) in [6, 6.07) is 12.4. The van der Waals surface area contributed by atoms with Gasteiger partial charge in [0.1, 0.15) is 18.1 Å². The van der Waals surface area contributed by atoms with E-state index in [0.717, 1.165) is 0 Å². The molecule has 0 spiro atoms. The Morgan fingerprint density at radius 1 is 1.04 bits per heavy atom. The first kappa shape index (κ1) is 17.0. The first-order valence-electron chi connectivity index (χ1n) is 7.51. The summed E-state index contributed by atoms with van der Waals surface area (Å²) in [6.45, 7) is 0. The SMILES string of the molecule is N#CC(C#N)(NNC(=O)c1cccnc1)C1C(=O)c2ccccc2C1=O. The molecule has 0 saturated heterocycles. The first-order chi connectivity index (χ1) is 12.5. The summed E-state index contributed by atoms with van der Waals surface area (Å²) in [4.78, 5) is 41.1. The van der Waals surface area contributed by atoms with Gasteiger partial charge in [0.25, 0.3) is 5.91 Å². The van der Waals surface area contributed by atoms with Crippen molar-refractivity contribution in [2.75, 3.05) is 0 Å². The molecule has 0 saturated carbocycles. The van der Waals surface area contributed by atoms with Crippen molar-refractivity contribution in [3.63, 3.8) is 0 Å². The summed E-state index contributed by atoms with van der Waals surface area (Å²) >= 11 is 0. The van der Waals surface area contributed by atoms with Gasteiger partial charge in [-0.3, -0.25) is 24.8 Å². The molecule has 1 amide bonds. The third kappa shape index (κ3) is 2.61. The van der Waals surface area contributed by atoms with Crippen molar-refractivity contribution in [3.05, 3.63) is 65.5 Å². The van der Waals surface area contributed by atoms with Crippen LogP contribution < -0.4 is 10.9 Å². The molecule has 0 fully saturated rings. The summed E-state index contributed by atoms with van der Waals surface area (Å²) in [5, 5.41) is 19.1. The normalized spacial score (nSPS) is 13.6. The van der Waals surface area contributed by atoms with Crippen molar-refractivity contribution in [1.82, 2.24) is 15.8 Å². The number of nitriles is 2. The molecule has 0 radical (unpaired) electrons. The third-order valence-corrected chi connectivity index (χ3v) is 4.07. The molecule has 1 aliphatic carbocycles. The van der Waals surface area contributed by atoms with Crippen LogP contribution in [0.2, 0.25) is 0 Å². The van der Waals surface area contributed by atoms with E-state index in [0.29, 0.717) is 0 Å². The van der Waals surface area contributed by atoms with Gasteiger partial charge in [-0.15, -0.1) is 0 Å². The average molecular weight is 345 g/mol. The minimum atomic E-state index is -2.24. The number of rotatable bonds is 4. The van der Waals surface area contributed by atoms with Crippen molar-refractivity contribution in [3.8, 4) is 12.1 Å². The Morgan fingerprint density at radius 3 is 2.15 bits per heavy atom. The van der Waals surface area contributed by atoms with Crippen molar-refractivity contribution in [2.45, 2.75) is 5.54 Å². The van der Waals surface area contributed by atoms with Gasteiger partial charge in [0, 0.05) is 23.5 Å². The topological polar surface area (TPSA) is 136 Å². The summed E-state index contributed by atoms with van der Waals surface area (Å²) in [5.74, 6) is -3.53. The van der Waals surface area contributed by atoms with Crippen LogP contribution in [0, 0.1) is 28.6 Å². The largest absolute Gasteiger partial charge is 0.293 e. The number of Topliss-reactive ketones (excluding diaryl/α,β-unsaturated/α-hetero) is 2. The number of ketones is 2. The minimum absolute atomic E-state index is 0.151. The molecule has 8 nitrogen and oxygen atoms in total. The van der Waals surface area contributed by atoms with Crippen molar-refractivity contribution in [1.29, 1.82) is 10.5 Å². The van der Waals surface area contributed by atoms with E-state index in [1.807, 2.05) is 0 Å². The quantitative estimate of drug-likeness (QED) is 0.618. The van der Waals surface area contributed by atoms with Crippen LogP contribution in [0.1, 0.15) is 31.1 Å². The number of aromatic nitrogens is 1. The molecular formula is C18H11N5O3. The summed E-state index contributed by atoms with van der Waals surface area (Å²) in [6.07, 6.45) is 2.77. The van der Waals surface area contributed by atoms with Crippen molar-refractivity contribution >= 4 is 17.5 Å². The second-order valence-corrected chi connectivity index (χ2v) is 5.56. The smallest absolute Gasteiger partial charge is 0.267 e. The minimum Gasteiger partial charge on any atom is -0.293 e. The van der Waals surface area contributed by atoms with Gasteiger partial charge in [-0.2, -0.15) is 10.5 Å². The van der Waals surface area contributed by atoms with Crippen LogP contribution in [0.25, 0.3) is 0 Å². The molecular weight excluding hydrogens is 334 g/mol. The second-order valence-electron chi connectivity index (χ2n) is 5.56. The van der Waals surface area contributed by atoms with Gasteiger partial charge >= 0.3 is 0 Å². The van der Waals surface area contributed by atoms with Gasteiger partial charge in [-0.25, -0.2) is 5.43 Å². The molecule has 26 heavy (non-hydrogen) atoms. The van der Waals surface area contributed by atoms with E-state index in [4.69, 9.17) is 0 Å². The molecule has 0 atom stereocenters. The Labute approximate surface area is 148 Å². The molecule has 3 rings (SSSR count). The highest BCUT2D eigenvalue weighted by molar-refractivity contribution is 6.27. The maximum atomic E-state index is 12.6. The fourth-order valence-corrected chi connectivity index (χ4v) is 2.74. The maximum Gasteiger partial charge on any atom is 0.267 e. The van der Waals surface area contributed by atoms with Crippen LogP contribution in [0.15, 0.2) is 48.8 Å². The number of nitrogens with one attached hydrogen (secondary N) is 2. The summed E-state index contributed by atoms with van der Waals surface area (Å²) in [7, 11) is 0. The number of pyridine rings is 1. The Bertz CT molecular complexity index is 939. The Morgan fingerprint density at radius 2 is 1.65 bits per heavy atom. The van der Waals surface area contributed by atoms with Gasteiger partial charge in [0.2, 0.25) is 5.54 Å². The van der Waals surface area contributed by atoms with Gasteiger partial charge in [-0.05, 0) is 12.1 Å². The lowest BCUT2D eigenvalue weighted by Crippen LogP contribution is -2.59. The van der Waals surface area contributed by atoms with Crippen LogP contribution in [-0.2, 0) is 0 Å². The van der Waals surface area contributed by atoms with E-state index in [9.17, 15) is 24.9 Å². The highest BCUT2D eigenvalue weighted by Gasteiger charge is 2.54. The predicted octanol–water partition coefficient (Wildman–Crippen LogP) is 0.797. The Balaban J connectivity index is 1.89. The van der Waals surface area contributed by atoms with Gasteiger partial charge in [0.15, 0.2) is 11.6 Å². The van der Waals surface area contributed by atoms with Crippen molar-refractivity contribution in [2.24, 2.45) is 5.92 Å². The van der Waals surface area contributed by atoms with E-state index < -0.39 is 28.9 Å². The molecule has 126 valence electrons. The average Bonchev–Trinajstić information content (AvgIpc) is 2.95. The number of carbonyl (C=O) groups excluding carboxylic acids is 3. The number of hydrazine groups is 1. The number of hydrogen-bond donors (Lipinski definition) is 2. The van der Waals surface area contributed by atoms with E-state index in [1.165, 1.54) is 36.7 Å². The zero-order chi connectivity index (χ0) is 18.7. The number of carbonyl (C=O) groups is 3. The molecule has 2 N–H and O–H groups in total. The number of benzene rings is 1. The standard InChI is InChI=1S/C18H11N5O3/c19-9-18(10-20,23-22-17(26)11-4-3-7-21-8-11)14-15(24)12-5-1-2-6-13(12)16(14)25/h1-8,14,23H,(H,22,26). The van der Waals surface area contributed by atoms with Crippen LogP contribution in [-0.4, -0.2) is 28.0 Å². The second kappa shape index (κ2) is 6.55. The molecule has 1 heterocycles. The molecule has 0 aliphatic heterocycles. The van der Waals surface area contributed by atoms with Crippen LogP contribution in [0.3, 0.4) is 0 Å².